The minimum Gasteiger partial charge on any atom is -0.349 e. The van der Waals surface area contributed by atoms with E-state index in [1.165, 1.54) is 24.3 Å². The van der Waals surface area contributed by atoms with Crippen molar-refractivity contribution >= 4 is 115 Å². The molecule has 0 aliphatic rings. The second-order valence-corrected chi connectivity index (χ2v) is 13.3. The molecule has 2 aromatic heterocycles. The summed E-state index contributed by atoms with van der Waals surface area (Å²) in [6.45, 7) is 7.28. The van der Waals surface area contributed by atoms with E-state index in [2.05, 4.69) is 54.4 Å². The van der Waals surface area contributed by atoms with E-state index in [0.717, 1.165) is 24.3 Å². The second kappa shape index (κ2) is 18.4. The van der Waals surface area contributed by atoms with Crippen LogP contribution in [0.4, 0.5) is 34.6 Å². The van der Waals surface area contributed by atoms with Gasteiger partial charge in [-0.1, -0.05) is 58.6 Å². The van der Waals surface area contributed by atoms with Crippen molar-refractivity contribution in [2.24, 2.45) is 0 Å². The number of amides is 2. The molecule has 0 fully saturated rings. The van der Waals surface area contributed by atoms with Crippen LogP contribution in [0.1, 0.15) is 20.7 Å². The fourth-order valence-corrected chi connectivity index (χ4v) is 5.67. The van der Waals surface area contributed by atoms with Crippen molar-refractivity contribution in [1.29, 1.82) is 0 Å². The molecule has 58 heavy (non-hydrogen) atoms. The molecule has 0 saturated carbocycles. The Morgan fingerprint density at radius 2 is 1.02 bits per heavy atom. The van der Waals surface area contributed by atoms with E-state index in [9.17, 15) is 39.4 Å². The van der Waals surface area contributed by atoms with E-state index >= 15 is 0 Å². The van der Waals surface area contributed by atoms with E-state index in [1.807, 2.05) is 0 Å². The molecule has 2 amide bonds. The lowest BCUT2D eigenvalue weighted by molar-refractivity contribution is -0.384. The Hall–Kier alpha value is -6.86. The van der Waals surface area contributed by atoms with Gasteiger partial charge in [-0.05, 0) is 36.4 Å². The third kappa shape index (κ3) is 9.92. The molecule has 18 nitrogen and oxygen atoms in total. The summed E-state index contributed by atoms with van der Waals surface area (Å²) in [5.41, 5.74) is -1.36. The van der Waals surface area contributed by atoms with Gasteiger partial charge >= 0.3 is 0 Å². The lowest BCUT2D eigenvalue weighted by Gasteiger charge is -2.10. The molecule has 0 saturated heterocycles. The molecule has 0 atom stereocenters. The highest BCUT2D eigenvalue weighted by Gasteiger charge is 2.22. The number of aromatic amines is 2. The van der Waals surface area contributed by atoms with Crippen molar-refractivity contribution in [2.45, 2.75) is 0 Å². The molecule has 4 aromatic carbocycles. The maximum Gasteiger partial charge on any atom is 0.271 e. The van der Waals surface area contributed by atoms with Crippen LogP contribution in [0.2, 0.25) is 20.1 Å². The second-order valence-electron chi connectivity index (χ2n) is 11.6. The topological polar surface area (TPSA) is 260 Å². The Labute approximate surface area is 345 Å². The Bertz CT molecular complexity index is 2610. The number of nitro benzene ring substituents is 2. The number of nitrogens with one attached hydrogen (secondary N) is 6. The molecule has 0 aliphatic heterocycles. The SMILES string of the molecule is C=CCNC(=O)c1cc([N+](=O)[O-])cc2c(=O)[nH]c(Nc3ccc(Cl)c(Cl)c3)nc12.C=CCNC(=O)c1cc([N+](=O)[O-])cc2c(=O)[nH]c(Nc3ccc(Cl)c(Cl)c3)nc12. The van der Waals surface area contributed by atoms with Gasteiger partial charge < -0.3 is 21.3 Å². The standard InChI is InChI=1S/2C18H13Cl2N5O4/c2*1-2-5-21-16(26)11-7-10(25(28)29)8-12-15(11)23-18(24-17(12)27)22-9-3-4-13(19)14(20)6-9/h2*2-4,6-8H,1,5H2,(H,21,26)(H2,22,23,24,27). The van der Waals surface area contributed by atoms with E-state index < -0.39 is 44.2 Å². The van der Waals surface area contributed by atoms with Crippen LogP contribution < -0.4 is 32.4 Å². The number of nitro groups is 2. The number of anilines is 4. The molecular formula is C36H26Cl4N10O8. The first-order valence-corrected chi connectivity index (χ1v) is 17.8. The molecule has 296 valence electrons. The zero-order valence-corrected chi connectivity index (χ0v) is 32.3. The summed E-state index contributed by atoms with van der Waals surface area (Å²) in [7, 11) is 0. The predicted octanol–water partition coefficient (Wildman–Crippen LogP) is 7.60. The summed E-state index contributed by atoms with van der Waals surface area (Å²) in [6.07, 6.45) is 2.91. The van der Waals surface area contributed by atoms with Gasteiger partial charge in [0.2, 0.25) is 11.9 Å². The normalized spacial score (nSPS) is 10.6. The molecule has 6 N–H and O–H groups in total. The number of carbonyl (C=O) groups is 2. The highest BCUT2D eigenvalue weighted by molar-refractivity contribution is 6.42. The van der Waals surface area contributed by atoms with E-state index in [0.29, 0.717) is 31.5 Å². The summed E-state index contributed by atoms with van der Waals surface area (Å²) in [6, 6.07) is 13.7. The minimum atomic E-state index is -0.689. The van der Waals surface area contributed by atoms with Gasteiger partial charge in [-0.3, -0.25) is 49.4 Å². The first kappa shape index (κ1) is 42.3. The Morgan fingerprint density at radius 3 is 1.34 bits per heavy atom. The van der Waals surface area contributed by atoms with Gasteiger partial charge in [0.25, 0.3) is 34.3 Å². The number of non-ortho nitro benzene ring substituents is 2. The van der Waals surface area contributed by atoms with Crippen molar-refractivity contribution in [3.05, 3.63) is 158 Å². The van der Waals surface area contributed by atoms with Gasteiger partial charge in [-0.15, -0.1) is 13.2 Å². The molecule has 0 spiro atoms. The molecule has 2 heterocycles. The number of carbonyl (C=O) groups excluding carboxylic acids is 2. The first-order valence-electron chi connectivity index (χ1n) is 16.3. The maximum atomic E-state index is 12.5. The summed E-state index contributed by atoms with van der Waals surface area (Å²) >= 11 is 23.7. The van der Waals surface area contributed by atoms with Crippen LogP contribution in [0.15, 0.2) is 95.6 Å². The van der Waals surface area contributed by atoms with E-state index in [-0.39, 0.29) is 57.9 Å². The molecule has 6 rings (SSSR count). The number of rotatable bonds is 12. The van der Waals surface area contributed by atoms with Gasteiger partial charge in [-0.2, -0.15) is 0 Å². The number of H-pyrrole nitrogens is 2. The van der Waals surface area contributed by atoms with Gasteiger partial charge in [0.05, 0.1) is 62.9 Å². The van der Waals surface area contributed by atoms with E-state index in [4.69, 9.17) is 46.4 Å². The predicted molar refractivity (Wildman–Crippen MR) is 223 cm³/mol. The average molecular weight is 868 g/mol. The van der Waals surface area contributed by atoms with Gasteiger partial charge in [0, 0.05) is 48.7 Å². The molecule has 22 heteroatoms. The largest absolute Gasteiger partial charge is 0.349 e. The minimum absolute atomic E-state index is 0.00322. The Balaban J connectivity index is 0.000000221. The number of fused-ring (bicyclic) bond motifs is 2. The maximum absolute atomic E-state index is 12.5. The van der Waals surface area contributed by atoms with Crippen LogP contribution in [0.25, 0.3) is 21.8 Å². The number of hydrogen-bond acceptors (Lipinski definition) is 12. The van der Waals surface area contributed by atoms with Crippen molar-refractivity contribution in [3.8, 4) is 0 Å². The van der Waals surface area contributed by atoms with Gasteiger partial charge in [0.1, 0.15) is 0 Å². The highest BCUT2D eigenvalue weighted by atomic mass is 35.5. The van der Waals surface area contributed by atoms with Crippen LogP contribution in [0.5, 0.6) is 0 Å². The number of benzene rings is 4. The number of nitrogens with zero attached hydrogens (tertiary/aromatic N) is 4. The lowest BCUT2D eigenvalue weighted by atomic mass is 10.1. The molecule has 0 aliphatic carbocycles. The number of hydrogen-bond donors (Lipinski definition) is 6. The molecule has 0 radical (unpaired) electrons. The van der Waals surface area contributed by atoms with Crippen LogP contribution in [-0.2, 0) is 0 Å². The Kier molecular flexibility index (Phi) is 13.4. The fourth-order valence-electron chi connectivity index (χ4n) is 5.07. The molecule has 0 unspecified atom stereocenters. The summed E-state index contributed by atoms with van der Waals surface area (Å²) < 4.78 is 0. The van der Waals surface area contributed by atoms with Crippen LogP contribution in [-0.4, -0.2) is 54.7 Å². The zero-order valence-electron chi connectivity index (χ0n) is 29.3. The molecule has 0 bridgehead atoms. The molecule has 6 aromatic rings. The van der Waals surface area contributed by atoms with E-state index in [1.54, 1.807) is 24.3 Å². The van der Waals surface area contributed by atoms with Crippen molar-refractivity contribution in [3.63, 3.8) is 0 Å². The monoisotopic (exact) mass is 866 g/mol. The zero-order chi connectivity index (χ0) is 42.3. The van der Waals surface area contributed by atoms with Gasteiger partial charge in [0.15, 0.2) is 0 Å². The first-order chi connectivity index (χ1) is 27.6. The third-order valence-corrected chi connectivity index (χ3v) is 9.16. The quantitative estimate of drug-likeness (QED) is 0.0395. The smallest absolute Gasteiger partial charge is 0.271 e. The van der Waals surface area contributed by atoms with Crippen molar-refractivity contribution < 1.29 is 19.4 Å². The van der Waals surface area contributed by atoms with Crippen molar-refractivity contribution in [2.75, 3.05) is 23.7 Å². The Morgan fingerprint density at radius 1 is 0.638 bits per heavy atom. The lowest BCUT2D eigenvalue weighted by Crippen LogP contribution is -2.24. The average Bonchev–Trinajstić information content (AvgIpc) is 3.18. The summed E-state index contributed by atoms with van der Waals surface area (Å²) in [5, 5.41) is 34.3. The number of halogens is 4. The summed E-state index contributed by atoms with van der Waals surface area (Å²) in [5.74, 6) is -1.21. The van der Waals surface area contributed by atoms with Crippen LogP contribution in [0, 0.1) is 20.2 Å². The van der Waals surface area contributed by atoms with Gasteiger partial charge in [-0.25, -0.2) is 9.97 Å². The van der Waals surface area contributed by atoms with Crippen molar-refractivity contribution in [1.82, 2.24) is 30.6 Å². The van der Waals surface area contributed by atoms with Crippen LogP contribution in [0.3, 0.4) is 0 Å². The molecular weight excluding hydrogens is 842 g/mol. The van der Waals surface area contributed by atoms with Crippen LogP contribution >= 0.6 is 46.4 Å². The fraction of sp³-hybridized carbons (Fsp3) is 0.0556. The third-order valence-electron chi connectivity index (χ3n) is 7.68. The summed E-state index contributed by atoms with van der Waals surface area (Å²) in [4.78, 5) is 84.5. The highest BCUT2D eigenvalue weighted by Crippen LogP contribution is 2.29. The number of aromatic nitrogens is 4.